The van der Waals surface area contributed by atoms with Crippen molar-refractivity contribution in [2.45, 2.75) is 132 Å². The summed E-state index contributed by atoms with van der Waals surface area (Å²) < 4.78 is 21.0. The summed E-state index contributed by atoms with van der Waals surface area (Å²) in [5.74, 6) is 4.51. The van der Waals surface area contributed by atoms with Gasteiger partial charge in [0.25, 0.3) is 0 Å². The van der Waals surface area contributed by atoms with E-state index in [0.717, 1.165) is 77.9 Å². The number of benzene rings is 5. The van der Waals surface area contributed by atoms with Crippen LogP contribution in [0.25, 0.3) is 43.4 Å². The number of ether oxygens (including phenoxy) is 3. The third kappa shape index (κ3) is 9.88. The molecule has 5 rings (SSSR count). The van der Waals surface area contributed by atoms with Crippen molar-refractivity contribution in [2.75, 3.05) is 19.8 Å². The molecule has 0 aliphatic carbocycles. The second-order valence-electron chi connectivity index (χ2n) is 15.5. The summed E-state index contributed by atoms with van der Waals surface area (Å²) in [5, 5.41) is 6.99. The predicted molar refractivity (Wildman–Crippen MR) is 230 cm³/mol. The van der Waals surface area contributed by atoms with Crippen LogP contribution in [0.1, 0.15) is 131 Å². The molecule has 3 heteroatoms. The third-order valence-electron chi connectivity index (χ3n) is 11.7. The molecule has 5 aromatic rings. The van der Waals surface area contributed by atoms with E-state index < -0.39 is 0 Å². The summed E-state index contributed by atoms with van der Waals surface area (Å²) in [6, 6.07) is 26.9. The maximum absolute atomic E-state index is 7.13. The van der Waals surface area contributed by atoms with Crippen LogP contribution in [-0.2, 0) is 6.42 Å². The highest BCUT2D eigenvalue weighted by Crippen LogP contribution is 2.50. The highest BCUT2D eigenvalue weighted by molar-refractivity contribution is 6.19. The fourth-order valence-electron chi connectivity index (χ4n) is 7.93. The summed E-state index contributed by atoms with van der Waals surface area (Å²) in [6.07, 6.45) is 15.3. The van der Waals surface area contributed by atoms with Gasteiger partial charge in [0.15, 0.2) is 0 Å². The monoisotopic (exact) mass is 717 g/mol. The van der Waals surface area contributed by atoms with Crippen LogP contribution >= 0.6 is 0 Å². The van der Waals surface area contributed by atoms with Crippen molar-refractivity contribution in [3.63, 3.8) is 0 Å². The molecule has 0 bridgehead atoms. The van der Waals surface area contributed by atoms with Crippen LogP contribution in [0.4, 0.5) is 0 Å². The average molecular weight is 717 g/mol. The van der Waals surface area contributed by atoms with Crippen LogP contribution < -0.4 is 14.2 Å². The molecule has 0 aliphatic heterocycles. The summed E-state index contributed by atoms with van der Waals surface area (Å²) in [5.41, 5.74) is 3.63. The molecule has 0 spiro atoms. The van der Waals surface area contributed by atoms with Gasteiger partial charge in [-0.3, -0.25) is 0 Å². The Kier molecular flexibility index (Phi) is 15.8. The van der Waals surface area contributed by atoms with E-state index in [1.54, 1.807) is 0 Å². The number of unbranched alkanes of at least 4 members (excludes halogenated alkanes) is 3. The van der Waals surface area contributed by atoms with Gasteiger partial charge >= 0.3 is 0 Å². The van der Waals surface area contributed by atoms with Crippen molar-refractivity contribution < 1.29 is 14.2 Å². The van der Waals surface area contributed by atoms with Gasteiger partial charge in [-0.2, -0.15) is 0 Å². The lowest BCUT2D eigenvalue weighted by atomic mass is 9.88. The molecule has 3 nitrogen and oxygen atoms in total. The van der Waals surface area contributed by atoms with Gasteiger partial charge < -0.3 is 14.2 Å². The number of aryl methyl sites for hydroxylation is 1. The Morgan fingerprint density at radius 1 is 0.453 bits per heavy atom. The predicted octanol–water partition coefficient (Wildman–Crippen LogP) is 15.2. The largest absolute Gasteiger partial charge is 0.493 e. The van der Waals surface area contributed by atoms with Gasteiger partial charge in [-0.1, -0.05) is 167 Å². The van der Waals surface area contributed by atoms with Crippen LogP contribution in [0.15, 0.2) is 72.8 Å². The fraction of sp³-hybridized carbons (Fsp3) is 0.520. The van der Waals surface area contributed by atoms with E-state index >= 15 is 0 Å². The standard InChI is InChI=1S/C50H68O3/c1-8-15-22-37(12-5)33-51-47-32-46(50(43-27-20-18-25-40(43)47)53-35-39(14-7)24-17-10-3)48-41-26-19-21-28-44(41)49(52-34-38(13-6)23-16-9-2)45-31-36(11-4)29-30-42(45)48/h18-21,25-32,37-39H,8-17,22-24,33-35H2,1-7H3. The highest BCUT2D eigenvalue weighted by Gasteiger charge is 2.24. The molecule has 53 heavy (non-hydrogen) atoms. The van der Waals surface area contributed by atoms with Crippen molar-refractivity contribution in [1.82, 2.24) is 0 Å². The highest BCUT2D eigenvalue weighted by atomic mass is 16.5. The van der Waals surface area contributed by atoms with Gasteiger partial charge in [-0.05, 0) is 71.9 Å². The minimum atomic E-state index is 0.511. The summed E-state index contributed by atoms with van der Waals surface area (Å²) in [6.45, 7) is 18.2. The minimum Gasteiger partial charge on any atom is -0.493 e. The van der Waals surface area contributed by atoms with E-state index in [0.29, 0.717) is 24.4 Å². The molecule has 0 amide bonds. The Morgan fingerprint density at radius 3 is 1.45 bits per heavy atom. The molecule has 3 unspecified atom stereocenters. The van der Waals surface area contributed by atoms with E-state index in [4.69, 9.17) is 14.2 Å². The zero-order valence-corrected chi connectivity index (χ0v) is 34.2. The van der Waals surface area contributed by atoms with Gasteiger partial charge in [0.05, 0.1) is 19.8 Å². The van der Waals surface area contributed by atoms with Gasteiger partial charge in [0.1, 0.15) is 17.2 Å². The topological polar surface area (TPSA) is 27.7 Å². The molecule has 0 fully saturated rings. The fourth-order valence-corrected chi connectivity index (χ4v) is 7.93. The van der Waals surface area contributed by atoms with Crippen molar-refractivity contribution >= 4 is 32.3 Å². The molecule has 0 saturated carbocycles. The van der Waals surface area contributed by atoms with E-state index in [-0.39, 0.29) is 0 Å². The maximum atomic E-state index is 7.13. The average Bonchev–Trinajstić information content (AvgIpc) is 3.20. The van der Waals surface area contributed by atoms with Gasteiger partial charge in [0, 0.05) is 32.7 Å². The summed E-state index contributed by atoms with van der Waals surface area (Å²) in [7, 11) is 0. The van der Waals surface area contributed by atoms with E-state index in [9.17, 15) is 0 Å². The molecular weight excluding hydrogens is 649 g/mol. The minimum absolute atomic E-state index is 0.511. The van der Waals surface area contributed by atoms with Crippen LogP contribution in [0.3, 0.4) is 0 Å². The Balaban J connectivity index is 1.77. The summed E-state index contributed by atoms with van der Waals surface area (Å²) in [4.78, 5) is 0. The number of fused-ring (bicyclic) bond motifs is 3. The second-order valence-corrected chi connectivity index (χ2v) is 15.5. The SMILES string of the molecule is CCCCC(CC)COc1cc(-c2c3ccccc3c(OCC(CC)CCCC)c3cc(CC)ccc23)c(OCC(CC)CCCC)c2ccccc12. The Labute approximate surface area is 321 Å². The lowest BCUT2D eigenvalue weighted by Crippen LogP contribution is -2.13. The van der Waals surface area contributed by atoms with Gasteiger partial charge in [-0.15, -0.1) is 0 Å². The molecule has 0 N–H and O–H groups in total. The Morgan fingerprint density at radius 2 is 0.925 bits per heavy atom. The van der Waals surface area contributed by atoms with E-state index in [1.165, 1.54) is 85.1 Å². The zero-order valence-electron chi connectivity index (χ0n) is 34.2. The molecule has 0 saturated heterocycles. The van der Waals surface area contributed by atoms with Crippen molar-refractivity contribution in [3.05, 3.63) is 78.4 Å². The van der Waals surface area contributed by atoms with E-state index in [2.05, 4.69) is 121 Å². The number of hydrogen-bond donors (Lipinski definition) is 0. The first-order valence-corrected chi connectivity index (χ1v) is 21.4. The first-order valence-electron chi connectivity index (χ1n) is 21.4. The third-order valence-corrected chi connectivity index (χ3v) is 11.7. The molecule has 3 atom stereocenters. The molecule has 0 radical (unpaired) electrons. The number of hydrogen-bond acceptors (Lipinski definition) is 3. The second kappa shape index (κ2) is 20.7. The first kappa shape index (κ1) is 40.5. The van der Waals surface area contributed by atoms with Crippen LogP contribution in [0, 0.1) is 17.8 Å². The molecule has 286 valence electrons. The lowest BCUT2D eigenvalue weighted by Gasteiger charge is -2.25. The van der Waals surface area contributed by atoms with Crippen LogP contribution in [0.5, 0.6) is 17.2 Å². The molecule has 0 aromatic heterocycles. The molecule has 0 aliphatic rings. The van der Waals surface area contributed by atoms with Crippen molar-refractivity contribution in [1.29, 1.82) is 0 Å². The lowest BCUT2D eigenvalue weighted by molar-refractivity contribution is 0.232. The quantitative estimate of drug-likeness (QED) is 0.0630. The maximum Gasteiger partial charge on any atom is 0.135 e. The van der Waals surface area contributed by atoms with Gasteiger partial charge in [-0.25, -0.2) is 0 Å². The Hall–Kier alpha value is -3.72. The zero-order chi connectivity index (χ0) is 37.6. The van der Waals surface area contributed by atoms with Gasteiger partial charge in [0.2, 0.25) is 0 Å². The molecular formula is C50H68O3. The summed E-state index contributed by atoms with van der Waals surface area (Å²) >= 11 is 0. The first-order chi connectivity index (χ1) is 26.0. The van der Waals surface area contributed by atoms with Crippen molar-refractivity contribution in [3.8, 4) is 28.4 Å². The van der Waals surface area contributed by atoms with E-state index in [1.807, 2.05) is 0 Å². The molecule has 0 heterocycles. The molecule has 5 aromatic carbocycles. The van der Waals surface area contributed by atoms with Crippen molar-refractivity contribution in [2.24, 2.45) is 17.8 Å². The Bertz CT molecular complexity index is 1870. The number of rotatable bonds is 23. The van der Waals surface area contributed by atoms with Crippen LogP contribution in [0.2, 0.25) is 0 Å². The smallest absolute Gasteiger partial charge is 0.135 e. The normalized spacial score (nSPS) is 13.4. The van der Waals surface area contributed by atoms with Crippen LogP contribution in [-0.4, -0.2) is 19.8 Å².